The molecule has 0 bridgehead atoms. The minimum Gasteiger partial charge on any atom is -0.347 e. The van der Waals surface area contributed by atoms with Crippen molar-refractivity contribution in [3.63, 3.8) is 0 Å². The fourth-order valence-corrected chi connectivity index (χ4v) is 3.56. The number of aromatic nitrogens is 3. The van der Waals surface area contributed by atoms with E-state index in [2.05, 4.69) is 15.4 Å². The zero-order chi connectivity index (χ0) is 18.6. The summed E-state index contributed by atoms with van der Waals surface area (Å²) >= 11 is 1.16. The smallest absolute Gasteiger partial charge is 0.263 e. The molecule has 7 heteroatoms. The van der Waals surface area contributed by atoms with Crippen molar-refractivity contribution in [2.75, 3.05) is 0 Å². The summed E-state index contributed by atoms with van der Waals surface area (Å²) in [6.07, 6.45) is 5.03. The SMILES string of the molecule is O=C(NCc1ccccc1-n1cccn1)c1cnc(-c2ccccc2F)s1. The highest BCUT2D eigenvalue weighted by Gasteiger charge is 2.14. The first-order valence-corrected chi connectivity index (χ1v) is 9.11. The number of thiazole rings is 1. The van der Waals surface area contributed by atoms with Gasteiger partial charge in [-0.2, -0.15) is 5.10 Å². The second kappa shape index (κ2) is 7.51. The fourth-order valence-electron chi connectivity index (χ4n) is 2.70. The van der Waals surface area contributed by atoms with Crippen LogP contribution in [0.3, 0.4) is 0 Å². The van der Waals surface area contributed by atoms with E-state index in [-0.39, 0.29) is 11.7 Å². The van der Waals surface area contributed by atoms with Crippen LogP contribution in [0, 0.1) is 5.82 Å². The van der Waals surface area contributed by atoms with Gasteiger partial charge in [-0.3, -0.25) is 4.79 Å². The lowest BCUT2D eigenvalue weighted by molar-refractivity contribution is 0.0955. The number of benzene rings is 2. The van der Waals surface area contributed by atoms with E-state index >= 15 is 0 Å². The van der Waals surface area contributed by atoms with Gasteiger partial charge in [0, 0.05) is 24.5 Å². The van der Waals surface area contributed by atoms with E-state index in [1.165, 1.54) is 12.3 Å². The molecule has 0 atom stereocenters. The minimum atomic E-state index is -0.355. The molecule has 0 unspecified atom stereocenters. The zero-order valence-corrected chi connectivity index (χ0v) is 15.0. The third kappa shape index (κ3) is 3.63. The van der Waals surface area contributed by atoms with Crippen LogP contribution in [0.5, 0.6) is 0 Å². The number of hydrogen-bond acceptors (Lipinski definition) is 4. The van der Waals surface area contributed by atoms with Crippen molar-refractivity contribution in [3.05, 3.63) is 89.4 Å². The van der Waals surface area contributed by atoms with Crippen molar-refractivity contribution in [3.8, 4) is 16.3 Å². The first-order valence-electron chi connectivity index (χ1n) is 8.29. The quantitative estimate of drug-likeness (QED) is 0.570. The molecule has 0 fully saturated rings. The molecule has 0 aliphatic rings. The Morgan fingerprint density at radius 1 is 1.11 bits per heavy atom. The molecule has 5 nitrogen and oxygen atoms in total. The van der Waals surface area contributed by atoms with E-state index in [4.69, 9.17) is 0 Å². The largest absolute Gasteiger partial charge is 0.347 e. The number of nitrogens with one attached hydrogen (secondary N) is 1. The van der Waals surface area contributed by atoms with Crippen LogP contribution in [-0.4, -0.2) is 20.7 Å². The number of para-hydroxylation sites is 1. The summed E-state index contributed by atoms with van der Waals surface area (Å²) in [6.45, 7) is 0.349. The molecular weight excluding hydrogens is 363 g/mol. The normalized spacial score (nSPS) is 10.7. The Hall–Kier alpha value is -3.32. The lowest BCUT2D eigenvalue weighted by atomic mass is 10.2. The second-order valence-electron chi connectivity index (χ2n) is 5.77. The summed E-state index contributed by atoms with van der Waals surface area (Å²) in [4.78, 5) is 17.1. The van der Waals surface area contributed by atoms with Crippen molar-refractivity contribution >= 4 is 17.2 Å². The molecule has 1 N–H and O–H groups in total. The molecule has 0 aliphatic heterocycles. The highest BCUT2D eigenvalue weighted by Crippen LogP contribution is 2.27. The van der Waals surface area contributed by atoms with Crippen molar-refractivity contribution in [2.45, 2.75) is 6.54 Å². The van der Waals surface area contributed by atoms with Gasteiger partial charge in [0.05, 0.1) is 11.9 Å². The fraction of sp³-hybridized carbons (Fsp3) is 0.0500. The van der Waals surface area contributed by atoms with Crippen LogP contribution in [0.1, 0.15) is 15.2 Å². The molecule has 0 saturated heterocycles. The molecule has 2 aromatic heterocycles. The van der Waals surface area contributed by atoms with Gasteiger partial charge in [-0.05, 0) is 29.8 Å². The van der Waals surface area contributed by atoms with E-state index in [1.54, 1.807) is 29.1 Å². The van der Waals surface area contributed by atoms with E-state index in [0.29, 0.717) is 22.0 Å². The Balaban J connectivity index is 1.49. The lowest BCUT2D eigenvalue weighted by Gasteiger charge is -2.10. The van der Waals surface area contributed by atoms with Crippen molar-refractivity contribution < 1.29 is 9.18 Å². The maximum absolute atomic E-state index is 13.9. The Kier molecular flexibility index (Phi) is 4.76. The highest BCUT2D eigenvalue weighted by molar-refractivity contribution is 7.16. The molecule has 2 heterocycles. The summed E-state index contributed by atoms with van der Waals surface area (Å²) in [5.41, 5.74) is 2.23. The number of rotatable bonds is 5. The highest BCUT2D eigenvalue weighted by atomic mass is 32.1. The van der Waals surface area contributed by atoms with Crippen LogP contribution < -0.4 is 5.32 Å². The molecule has 134 valence electrons. The van der Waals surface area contributed by atoms with Crippen molar-refractivity contribution in [1.29, 1.82) is 0 Å². The summed E-state index contributed by atoms with van der Waals surface area (Å²) in [5, 5.41) is 7.61. The number of halogens is 1. The molecule has 27 heavy (non-hydrogen) atoms. The predicted octanol–water partition coefficient (Wildman–Crippen LogP) is 4.06. The van der Waals surface area contributed by atoms with Gasteiger partial charge in [0.1, 0.15) is 15.7 Å². The third-order valence-electron chi connectivity index (χ3n) is 4.02. The molecule has 2 aromatic carbocycles. The average molecular weight is 378 g/mol. The Bertz CT molecular complexity index is 1080. The molecule has 0 spiro atoms. The standard InChI is InChI=1S/C20H15FN4OS/c21-16-8-3-2-7-15(16)20-23-13-18(27-20)19(26)22-12-14-6-1-4-9-17(14)25-11-5-10-24-25/h1-11,13H,12H2,(H,22,26). The minimum absolute atomic E-state index is 0.245. The van der Waals surface area contributed by atoms with E-state index in [9.17, 15) is 9.18 Å². The molecule has 0 radical (unpaired) electrons. The van der Waals surface area contributed by atoms with Crippen LogP contribution >= 0.6 is 11.3 Å². The monoisotopic (exact) mass is 378 g/mol. The first-order chi connectivity index (χ1) is 13.2. The van der Waals surface area contributed by atoms with Gasteiger partial charge >= 0.3 is 0 Å². The molecule has 4 aromatic rings. The van der Waals surface area contributed by atoms with Gasteiger partial charge in [0.2, 0.25) is 0 Å². The maximum atomic E-state index is 13.9. The summed E-state index contributed by atoms with van der Waals surface area (Å²) in [7, 11) is 0. The topological polar surface area (TPSA) is 59.8 Å². The average Bonchev–Trinajstić information content (AvgIpc) is 3.39. The Labute approximate surface area is 159 Å². The molecule has 0 saturated carbocycles. The number of carbonyl (C=O) groups is 1. The van der Waals surface area contributed by atoms with Gasteiger partial charge in [-0.1, -0.05) is 30.3 Å². The van der Waals surface area contributed by atoms with Gasteiger partial charge in [-0.25, -0.2) is 14.1 Å². The predicted molar refractivity (Wildman–Crippen MR) is 102 cm³/mol. The van der Waals surface area contributed by atoms with E-state index in [0.717, 1.165) is 22.6 Å². The molecule has 1 amide bonds. The molecule has 4 rings (SSSR count). The lowest BCUT2D eigenvalue weighted by Crippen LogP contribution is -2.22. The Morgan fingerprint density at radius 2 is 1.93 bits per heavy atom. The summed E-state index contributed by atoms with van der Waals surface area (Å²) < 4.78 is 15.6. The van der Waals surface area contributed by atoms with Gasteiger partial charge in [0.25, 0.3) is 5.91 Å². The maximum Gasteiger partial charge on any atom is 0.263 e. The Morgan fingerprint density at radius 3 is 2.74 bits per heavy atom. The first kappa shape index (κ1) is 17.1. The van der Waals surface area contributed by atoms with Crippen molar-refractivity contribution in [1.82, 2.24) is 20.1 Å². The molecule has 0 aliphatic carbocycles. The molecular formula is C20H15FN4OS. The number of amides is 1. The second-order valence-corrected chi connectivity index (χ2v) is 6.80. The van der Waals surface area contributed by atoms with Crippen LogP contribution in [-0.2, 0) is 6.54 Å². The number of hydrogen-bond donors (Lipinski definition) is 1. The van der Waals surface area contributed by atoms with Gasteiger partial charge < -0.3 is 5.32 Å². The van der Waals surface area contributed by atoms with Crippen LogP contribution in [0.4, 0.5) is 4.39 Å². The van der Waals surface area contributed by atoms with Crippen LogP contribution in [0.25, 0.3) is 16.3 Å². The summed E-state index contributed by atoms with van der Waals surface area (Å²) in [5.74, 6) is -0.600. The van der Waals surface area contributed by atoms with Gasteiger partial charge in [0.15, 0.2) is 0 Å². The van der Waals surface area contributed by atoms with E-state index in [1.807, 2.05) is 36.5 Å². The van der Waals surface area contributed by atoms with Gasteiger partial charge in [-0.15, -0.1) is 11.3 Å². The van der Waals surface area contributed by atoms with Crippen molar-refractivity contribution in [2.24, 2.45) is 0 Å². The number of carbonyl (C=O) groups excluding carboxylic acids is 1. The zero-order valence-electron chi connectivity index (χ0n) is 14.2. The summed E-state index contributed by atoms with van der Waals surface area (Å²) in [6, 6.07) is 16.0. The van der Waals surface area contributed by atoms with Crippen LogP contribution in [0.15, 0.2) is 73.2 Å². The van der Waals surface area contributed by atoms with Crippen LogP contribution in [0.2, 0.25) is 0 Å². The van der Waals surface area contributed by atoms with E-state index < -0.39 is 0 Å². The number of nitrogens with zero attached hydrogens (tertiary/aromatic N) is 3. The third-order valence-corrected chi connectivity index (χ3v) is 5.05.